The fourth-order valence-corrected chi connectivity index (χ4v) is 2.29. The fourth-order valence-electron chi connectivity index (χ4n) is 2.29. The van der Waals surface area contributed by atoms with Crippen LogP contribution in [0.25, 0.3) is 0 Å². The van der Waals surface area contributed by atoms with Crippen molar-refractivity contribution in [1.82, 2.24) is 15.3 Å². The molecule has 0 aliphatic rings. The van der Waals surface area contributed by atoms with Crippen molar-refractivity contribution >= 4 is 5.95 Å². The summed E-state index contributed by atoms with van der Waals surface area (Å²) in [4.78, 5) is 8.73. The minimum Gasteiger partial charge on any atom is -0.353 e. The maximum absolute atomic E-state index is 4.36. The Morgan fingerprint density at radius 3 is 2.33 bits per heavy atom. The number of rotatable bonds is 7. The van der Waals surface area contributed by atoms with Crippen LogP contribution in [0.5, 0.6) is 0 Å². The zero-order valence-electron chi connectivity index (χ0n) is 13.1. The van der Waals surface area contributed by atoms with Crippen molar-refractivity contribution in [2.24, 2.45) is 0 Å². The molecule has 0 saturated carbocycles. The van der Waals surface area contributed by atoms with E-state index in [1.54, 1.807) is 0 Å². The van der Waals surface area contributed by atoms with Gasteiger partial charge in [0.25, 0.3) is 0 Å². The molecule has 0 saturated heterocycles. The van der Waals surface area contributed by atoms with Gasteiger partial charge in [-0.3, -0.25) is 0 Å². The summed E-state index contributed by atoms with van der Waals surface area (Å²) in [5, 5.41) is 6.72. The summed E-state index contributed by atoms with van der Waals surface area (Å²) < 4.78 is 0. The Hall–Kier alpha value is -1.94. The largest absolute Gasteiger partial charge is 0.353 e. The van der Waals surface area contributed by atoms with Crippen LogP contribution >= 0.6 is 0 Å². The fraction of sp³-hybridized carbons (Fsp3) is 0.412. The minimum absolute atomic E-state index is 0.517. The van der Waals surface area contributed by atoms with E-state index in [-0.39, 0.29) is 0 Å². The van der Waals surface area contributed by atoms with E-state index >= 15 is 0 Å². The van der Waals surface area contributed by atoms with Gasteiger partial charge in [-0.2, -0.15) is 0 Å². The van der Waals surface area contributed by atoms with Gasteiger partial charge in [-0.15, -0.1) is 0 Å². The summed E-state index contributed by atoms with van der Waals surface area (Å²) in [5.41, 5.74) is 3.36. The molecule has 4 nitrogen and oxygen atoms in total. The summed E-state index contributed by atoms with van der Waals surface area (Å²) in [7, 11) is 0. The molecule has 2 N–H and O–H groups in total. The standard InChI is InChI=1S/C17H24N4/c1-13(16-7-5-4-6-8-16)12-18-9-10-19-17-20-14(2)11-15(3)21-17/h4-8,11,13,18H,9-10,12H2,1-3H3,(H,19,20,21). The highest BCUT2D eigenvalue weighted by atomic mass is 15.1. The van der Waals surface area contributed by atoms with Gasteiger partial charge < -0.3 is 10.6 Å². The number of nitrogens with zero attached hydrogens (tertiary/aromatic N) is 2. The van der Waals surface area contributed by atoms with Gasteiger partial charge in [-0.1, -0.05) is 37.3 Å². The average Bonchev–Trinajstić information content (AvgIpc) is 2.46. The molecule has 1 atom stereocenters. The van der Waals surface area contributed by atoms with Gasteiger partial charge in [0.1, 0.15) is 0 Å². The Balaban J connectivity index is 1.68. The van der Waals surface area contributed by atoms with Crippen molar-refractivity contribution in [3.63, 3.8) is 0 Å². The SMILES string of the molecule is Cc1cc(C)nc(NCCNCC(C)c2ccccc2)n1. The van der Waals surface area contributed by atoms with Crippen LogP contribution < -0.4 is 10.6 Å². The molecule has 0 bridgehead atoms. The van der Waals surface area contributed by atoms with E-state index < -0.39 is 0 Å². The topological polar surface area (TPSA) is 49.8 Å². The number of benzene rings is 1. The smallest absolute Gasteiger partial charge is 0.223 e. The van der Waals surface area contributed by atoms with Gasteiger partial charge in [0, 0.05) is 31.0 Å². The van der Waals surface area contributed by atoms with E-state index in [9.17, 15) is 0 Å². The molecule has 1 heterocycles. The molecule has 4 heteroatoms. The molecule has 2 aromatic rings. The molecular weight excluding hydrogens is 260 g/mol. The summed E-state index contributed by atoms with van der Waals surface area (Å²) in [6.45, 7) is 8.90. The molecule has 112 valence electrons. The van der Waals surface area contributed by atoms with Crippen LogP contribution in [-0.2, 0) is 0 Å². The number of hydrogen-bond acceptors (Lipinski definition) is 4. The van der Waals surface area contributed by atoms with Crippen molar-refractivity contribution in [2.75, 3.05) is 25.0 Å². The first-order valence-electron chi connectivity index (χ1n) is 7.47. The summed E-state index contributed by atoms with van der Waals surface area (Å²) in [5.74, 6) is 1.23. The third-order valence-corrected chi connectivity index (χ3v) is 3.39. The van der Waals surface area contributed by atoms with Crippen LogP contribution in [0.3, 0.4) is 0 Å². The zero-order chi connectivity index (χ0) is 15.1. The van der Waals surface area contributed by atoms with E-state index in [0.29, 0.717) is 11.9 Å². The Morgan fingerprint density at radius 2 is 1.67 bits per heavy atom. The van der Waals surface area contributed by atoms with Crippen molar-refractivity contribution in [3.8, 4) is 0 Å². The lowest BCUT2D eigenvalue weighted by atomic mass is 10.0. The minimum atomic E-state index is 0.517. The number of nitrogens with one attached hydrogen (secondary N) is 2. The first-order chi connectivity index (χ1) is 10.1. The molecule has 0 radical (unpaired) electrons. The molecule has 1 unspecified atom stereocenters. The highest BCUT2D eigenvalue weighted by Gasteiger charge is 2.03. The van der Waals surface area contributed by atoms with Crippen LogP contribution in [0.15, 0.2) is 36.4 Å². The van der Waals surface area contributed by atoms with Gasteiger partial charge in [0.15, 0.2) is 0 Å². The van der Waals surface area contributed by atoms with Crippen molar-refractivity contribution in [1.29, 1.82) is 0 Å². The van der Waals surface area contributed by atoms with E-state index in [0.717, 1.165) is 31.0 Å². The van der Waals surface area contributed by atoms with Gasteiger partial charge >= 0.3 is 0 Å². The molecule has 0 spiro atoms. The maximum atomic E-state index is 4.36. The molecule has 1 aromatic heterocycles. The quantitative estimate of drug-likeness (QED) is 0.768. The van der Waals surface area contributed by atoms with Crippen LogP contribution in [0.1, 0.15) is 29.8 Å². The highest BCUT2D eigenvalue weighted by Crippen LogP contribution is 2.12. The molecule has 1 aromatic carbocycles. The molecule has 21 heavy (non-hydrogen) atoms. The molecule has 0 amide bonds. The third-order valence-electron chi connectivity index (χ3n) is 3.39. The van der Waals surface area contributed by atoms with Crippen molar-refractivity contribution in [3.05, 3.63) is 53.3 Å². The average molecular weight is 284 g/mol. The lowest BCUT2D eigenvalue weighted by Gasteiger charge is -2.13. The second kappa shape index (κ2) is 7.74. The summed E-state index contributed by atoms with van der Waals surface area (Å²) >= 11 is 0. The van der Waals surface area contributed by atoms with E-state index in [1.165, 1.54) is 5.56 Å². The second-order valence-electron chi connectivity index (χ2n) is 5.42. The lowest BCUT2D eigenvalue weighted by molar-refractivity contribution is 0.625. The van der Waals surface area contributed by atoms with Crippen LogP contribution in [-0.4, -0.2) is 29.6 Å². The number of anilines is 1. The van der Waals surface area contributed by atoms with Crippen LogP contribution in [0.4, 0.5) is 5.95 Å². The Bertz CT molecular complexity index is 534. The zero-order valence-corrected chi connectivity index (χ0v) is 13.1. The lowest BCUT2D eigenvalue weighted by Crippen LogP contribution is -2.26. The monoisotopic (exact) mass is 284 g/mol. The predicted molar refractivity (Wildman–Crippen MR) is 87.7 cm³/mol. The first-order valence-corrected chi connectivity index (χ1v) is 7.47. The van der Waals surface area contributed by atoms with Gasteiger partial charge in [0.2, 0.25) is 5.95 Å². The summed E-state index contributed by atoms with van der Waals surface area (Å²) in [6.07, 6.45) is 0. The summed E-state index contributed by atoms with van der Waals surface area (Å²) in [6, 6.07) is 12.6. The number of aromatic nitrogens is 2. The van der Waals surface area contributed by atoms with Crippen LogP contribution in [0, 0.1) is 13.8 Å². The number of aryl methyl sites for hydroxylation is 2. The first kappa shape index (κ1) is 15.4. The van der Waals surface area contributed by atoms with Crippen molar-refractivity contribution in [2.45, 2.75) is 26.7 Å². The highest BCUT2D eigenvalue weighted by molar-refractivity contribution is 5.27. The van der Waals surface area contributed by atoms with E-state index in [2.05, 4.69) is 57.9 Å². The van der Waals surface area contributed by atoms with Crippen molar-refractivity contribution < 1.29 is 0 Å². The van der Waals surface area contributed by atoms with Gasteiger partial charge in [-0.05, 0) is 31.4 Å². The van der Waals surface area contributed by atoms with E-state index in [1.807, 2.05) is 19.9 Å². The van der Waals surface area contributed by atoms with E-state index in [4.69, 9.17) is 0 Å². The molecule has 0 fully saturated rings. The normalized spacial score (nSPS) is 12.1. The second-order valence-corrected chi connectivity index (χ2v) is 5.42. The predicted octanol–water partition coefficient (Wildman–Crippen LogP) is 2.90. The molecule has 0 aliphatic heterocycles. The van der Waals surface area contributed by atoms with Gasteiger partial charge in [0.05, 0.1) is 0 Å². The Morgan fingerprint density at radius 1 is 1.00 bits per heavy atom. The van der Waals surface area contributed by atoms with Crippen LogP contribution in [0.2, 0.25) is 0 Å². The maximum Gasteiger partial charge on any atom is 0.223 e. The Labute approximate surface area is 127 Å². The Kier molecular flexibility index (Phi) is 5.69. The molecular formula is C17H24N4. The van der Waals surface area contributed by atoms with Gasteiger partial charge in [-0.25, -0.2) is 9.97 Å². The molecule has 0 aliphatic carbocycles. The molecule has 2 rings (SSSR count). The number of hydrogen-bond donors (Lipinski definition) is 2. The third kappa shape index (κ3) is 5.16.